The lowest BCUT2D eigenvalue weighted by atomic mass is 9.89. The zero-order valence-corrected chi connectivity index (χ0v) is 15.4. The molecule has 1 unspecified atom stereocenters. The fourth-order valence-corrected chi connectivity index (χ4v) is 3.70. The highest BCUT2D eigenvalue weighted by molar-refractivity contribution is 5.86. The molecule has 0 radical (unpaired) electrons. The first-order valence-electron chi connectivity index (χ1n) is 9.34. The van der Waals surface area contributed by atoms with Crippen LogP contribution in [0.5, 0.6) is 0 Å². The first-order chi connectivity index (χ1) is 11.4. The van der Waals surface area contributed by atoms with Crippen LogP contribution in [0.2, 0.25) is 0 Å². The molecule has 0 heterocycles. The van der Waals surface area contributed by atoms with Crippen LogP contribution < -0.4 is 16.4 Å². The molecule has 1 fully saturated rings. The maximum atomic E-state index is 12.5. The molecule has 0 spiro atoms. The Balaban J connectivity index is 2.00. The molecule has 1 aromatic rings. The molecule has 4 N–H and O–H groups in total. The number of nitrogens with one attached hydrogen (secondary N) is 2. The molecule has 1 atom stereocenters. The molecule has 1 aliphatic rings. The molecule has 1 saturated carbocycles. The average molecular weight is 332 g/mol. The number of benzene rings is 1. The van der Waals surface area contributed by atoms with Crippen molar-refractivity contribution in [2.45, 2.75) is 76.4 Å². The lowest BCUT2D eigenvalue weighted by molar-refractivity contribution is -0.126. The third-order valence-corrected chi connectivity index (χ3v) is 5.71. The van der Waals surface area contributed by atoms with Gasteiger partial charge in [0.1, 0.15) is 0 Å². The van der Waals surface area contributed by atoms with E-state index in [1.165, 1.54) is 5.56 Å². The Hall–Kier alpha value is -1.39. The van der Waals surface area contributed by atoms with Crippen LogP contribution in [0.1, 0.15) is 70.9 Å². The Morgan fingerprint density at radius 3 is 2.33 bits per heavy atom. The maximum Gasteiger partial charge on any atom is 0.240 e. The average Bonchev–Trinajstić information content (AvgIpc) is 3.07. The Morgan fingerprint density at radius 1 is 1.21 bits per heavy atom. The van der Waals surface area contributed by atoms with Gasteiger partial charge in [0, 0.05) is 18.1 Å². The van der Waals surface area contributed by atoms with Gasteiger partial charge in [-0.25, -0.2) is 0 Å². The molecule has 0 aromatic heterocycles. The van der Waals surface area contributed by atoms with E-state index in [4.69, 9.17) is 5.73 Å². The van der Waals surface area contributed by atoms with Gasteiger partial charge in [-0.3, -0.25) is 4.79 Å². The highest BCUT2D eigenvalue weighted by Gasteiger charge is 2.38. The molecule has 0 bridgehead atoms. The zero-order chi connectivity index (χ0) is 17.6. The van der Waals surface area contributed by atoms with Crippen molar-refractivity contribution >= 4 is 5.91 Å². The van der Waals surface area contributed by atoms with Crippen molar-refractivity contribution in [1.82, 2.24) is 10.6 Å². The van der Waals surface area contributed by atoms with Crippen LogP contribution in [0.25, 0.3) is 0 Å². The van der Waals surface area contributed by atoms with E-state index >= 15 is 0 Å². The third kappa shape index (κ3) is 4.37. The number of nitrogens with two attached hydrogens (primary N) is 1. The number of carbonyl (C=O) groups is 1. The van der Waals surface area contributed by atoms with E-state index in [0.29, 0.717) is 6.54 Å². The molecule has 1 aromatic carbocycles. The highest BCUT2D eigenvalue weighted by atomic mass is 16.2. The first-order valence-corrected chi connectivity index (χ1v) is 9.34. The minimum absolute atomic E-state index is 0.0143. The fraction of sp³-hybridized carbons (Fsp3) is 0.650. The van der Waals surface area contributed by atoms with Gasteiger partial charge in [0.2, 0.25) is 5.91 Å². The summed E-state index contributed by atoms with van der Waals surface area (Å²) in [6, 6.07) is 10.7. The van der Waals surface area contributed by atoms with Crippen molar-refractivity contribution in [1.29, 1.82) is 0 Å². The van der Waals surface area contributed by atoms with Gasteiger partial charge in [0.15, 0.2) is 0 Å². The SMILES string of the molecule is CCC(CC)(CNC(=O)C1(N)CCCC1)NC(C)c1ccccc1. The van der Waals surface area contributed by atoms with E-state index in [-0.39, 0.29) is 17.5 Å². The third-order valence-electron chi connectivity index (χ3n) is 5.71. The molecule has 2 rings (SSSR count). The van der Waals surface area contributed by atoms with E-state index in [2.05, 4.69) is 55.7 Å². The number of carbonyl (C=O) groups excluding carboxylic acids is 1. The second kappa shape index (κ2) is 8.13. The Kier molecular flexibility index (Phi) is 6.41. The fourth-order valence-electron chi connectivity index (χ4n) is 3.70. The van der Waals surface area contributed by atoms with Crippen LogP contribution in [0.3, 0.4) is 0 Å². The molecular formula is C20H33N3O. The molecule has 0 saturated heterocycles. The van der Waals surface area contributed by atoms with Crippen LogP contribution >= 0.6 is 0 Å². The smallest absolute Gasteiger partial charge is 0.240 e. The van der Waals surface area contributed by atoms with E-state index in [0.717, 1.165) is 38.5 Å². The standard InChI is InChI=1S/C20H33N3O/c1-4-19(5-2,23-16(3)17-11-7-6-8-12-17)15-22-18(24)20(21)13-9-10-14-20/h6-8,11-12,16,23H,4-5,9-10,13-15,21H2,1-3H3,(H,22,24). The van der Waals surface area contributed by atoms with Gasteiger partial charge < -0.3 is 16.4 Å². The number of hydrogen-bond acceptors (Lipinski definition) is 3. The van der Waals surface area contributed by atoms with E-state index in [1.54, 1.807) is 0 Å². The summed E-state index contributed by atoms with van der Waals surface area (Å²) in [6.07, 6.45) is 5.63. The van der Waals surface area contributed by atoms with E-state index < -0.39 is 5.54 Å². The summed E-state index contributed by atoms with van der Waals surface area (Å²) < 4.78 is 0. The molecule has 134 valence electrons. The summed E-state index contributed by atoms with van der Waals surface area (Å²) in [5, 5.41) is 6.89. The van der Waals surface area contributed by atoms with Gasteiger partial charge in [-0.1, -0.05) is 57.0 Å². The summed E-state index contributed by atoms with van der Waals surface area (Å²) in [7, 11) is 0. The summed E-state index contributed by atoms with van der Waals surface area (Å²) in [6.45, 7) is 7.15. The Bertz CT molecular complexity index is 519. The van der Waals surface area contributed by atoms with E-state index in [1.807, 2.05) is 6.07 Å². The van der Waals surface area contributed by atoms with Crippen LogP contribution in [0.4, 0.5) is 0 Å². The highest BCUT2D eigenvalue weighted by Crippen LogP contribution is 2.28. The van der Waals surface area contributed by atoms with Gasteiger partial charge in [-0.15, -0.1) is 0 Å². The molecule has 4 nitrogen and oxygen atoms in total. The van der Waals surface area contributed by atoms with Crippen LogP contribution in [0, 0.1) is 0 Å². The minimum Gasteiger partial charge on any atom is -0.353 e. The predicted molar refractivity (Wildman–Crippen MR) is 99.7 cm³/mol. The number of amides is 1. The monoisotopic (exact) mass is 331 g/mol. The Morgan fingerprint density at radius 2 is 1.79 bits per heavy atom. The normalized spacial score (nSPS) is 18.3. The molecule has 24 heavy (non-hydrogen) atoms. The van der Waals surface area contributed by atoms with Crippen molar-refractivity contribution in [2.75, 3.05) is 6.54 Å². The van der Waals surface area contributed by atoms with Crippen molar-refractivity contribution < 1.29 is 4.79 Å². The zero-order valence-electron chi connectivity index (χ0n) is 15.4. The van der Waals surface area contributed by atoms with Gasteiger partial charge in [-0.2, -0.15) is 0 Å². The minimum atomic E-state index is -0.654. The van der Waals surface area contributed by atoms with Gasteiger partial charge in [0.05, 0.1) is 5.54 Å². The van der Waals surface area contributed by atoms with Gasteiger partial charge >= 0.3 is 0 Å². The van der Waals surface area contributed by atoms with Crippen molar-refractivity contribution in [3.05, 3.63) is 35.9 Å². The summed E-state index contributed by atoms with van der Waals surface area (Å²) in [5.41, 5.74) is 6.77. The summed E-state index contributed by atoms with van der Waals surface area (Å²) in [5.74, 6) is 0.0143. The van der Waals surface area contributed by atoms with Crippen LogP contribution in [-0.2, 0) is 4.79 Å². The van der Waals surface area contributed by atoms with Crippen molar-refractivity contribution in [3.8, 4) is 0 Å². The second-order valence-corrected chi connectivity index (χ2v) is 7.31. The van der Waals surface area contributed by atoms with E-state index in [9.17, 15) is 4.79 Å². The molecule has 1 amide bonds. The molecule has 0 aliphatic heterocycles. The topological polar surface area (TPSA) is 67.2 Å². The predicted octanol–water partition coefficient (Wildman–Crippen LogP) is 3.28. The maximum absolute atomic E-state index is 12.5. The molecular weight excluding hydrogens is 298 g/mol. The second-order valence-electron chi connectivity index (χ2n) is 7.31. The first kappa shape index (κ1) is 18.9. The summed E-state index contributed by atoms with van der Waals surface area (Å²) >= 11 is 0. The van der Waals surface area contributed by atoms with Crippen molar-refractivity contribution in [2.24, 2.45) is 5.73 Å². The van der Waals surface area contributed by atoms with Gasteiger partial charge in [-0.05, 0) is 38.2 Å². The molecule has 1 aliphatic carbocycles. The van der Waals surface area contributed by atoms with Crippen molar-refractivity contribution in [3.63, 3.8) is 0 Å². The lowest BCUT2D eigenvalue weighted by Crippen LogP contribution is -2.58. The number of rotatable bonds is 8. The summed E-state index contributed by atoms with van der Waals surface area (Å²) in [4.78, 5) is 12.5. The Labute approximate surface area is 146 Å². The quantitative estimate of drug-likeness (QED) is 0.685. The van der Waals surface area contributed by atoms with Gasteiger partial charge in [0.25, 0.3) is 0 Å². The number of hydrogen-bond donors (Lipinski definition) is 3. The van der Waals surface area contributed by atoms with Crippen LogP contribution in [-0.4, -0.2) is 23.5 Å². The molecule has 4 heteroatoms. The van der Waals surface area contributed by atoms with Crippen LogP contribution in [0.15, 0.2) is 30.3 Å². The largest absolute Gasteiger partial charge is 0.353 e. The lowest BCUT2D eigenvalue weighted by Gasteiger charge is -2.37.